The first-order valence-electron chi connectivity index (χ1n) is 6.46. The van der Waals surface area contributed by atoms with Crippen molar-refractivity contribution in [2.75, 3.05) is 25.0 Å². The standard InChI is InChI=1S/C13H19BrClN3/c1-10(18-5-3-2-4-6-18)8-16-13-12(14)7-11(15)9-17-13/h7,9-10H,2-6,8H2,1H3,(H,16,17). The average Bonchev–Trinajstić information content (AvgIpc) is 2.38. The minimum Gasteiger partial charge on any atom is -0.368 e. The van der Waals surface area contributed by atoms with Gasteiger partial charge in [0.1, 0.15) is 5.82 Å². The molecule has 1 saturated heterocycles. The third-order valence-electron chi connectivity index (χ3n) is 3.39. The van der Waals surface area contributed by atoms with Crippen LogP contribution in [0.15, 0.2) is 16.7 Å². The van der Waals surface area contributed by atoms with Crippen LogP contribution in [0.4, 0.5) is 5.82 Å². The first kappa shape index (κ1) is 14.1. The molecule has 0 amide bonds. The van der Waals surface area contributed by atoms with Crippen molar-refractivity contribution in [1.82, 2.24) is 9.88 Å². The number of piperidine rings is 1. The van der Waals surface area contributed by atoms with Crippen molar-refractivity contribution in [2.24, 2.45) is 0 Å². The van der Waals surface area contributed by atoms with Gasteiger partial charge in [-0.1, -0.05) is 18.0 Å². The van der Waals surface area contributed by atoms with Crippen molar-refractivity contribution in [2.45, 2.75) is 32.2 Å². The lowest BCUT2D eigenvalue weighted by Gasteiger charge is -2.32. The first-order valence-corrected chi connectivity index (χ1v) is 7.63. The number of nitrogens with one attached hydrogen (secondary N) is 1. The van der Waals surface area contributed by atoms with Crippen LogP contribution in [-0.4, -0.2) is 35.6 Å². The van der Waals surface area contributed by atoms with Gasteiger partial charge in [-0.05, 0) is 54.9 Å². The number of halogens is 2. The van der Waals surface area contributed by atoms with E-state index < -0.39 is 0 Å². The lowest BCUT2D eigenvalue weighted by molar-refractivity contribution is 0.180. The number of pyridine rings is 1. The van der Waals surface area contributed by atoms with Crippen LogP contribution in [0.2, 0.25) is 5.02 Å². The maximum absolute atomic E-state index is 5.87. The van der Waals surface area contributed by atoms with Crippen LogP contribution in [0.3, 0.4) is 0 Å². The summed E-state index contributed by atoms with van der Waals surface area (Å²) in [5.41, 5.74) is 0. The van der Waals surface area contributed by atoms with Gasteiger partial charge >= 0.3 is 0 Å². The maximum Gasteiger partial charge on any atom is 0.140 e. The average molecular weight is 333 g/mol. The van der Waals surface area contributed by atoms with Crippen LogP contribution < -0.4 is 5.32 Å². The number of likely N-dealkylation sites (tertiary alicyclic amines) is 1. The molecule has 18 heavy (non-hydrogen) atoms. The molecule has 0 bridgehead atoms. The lowest BCUT2D eigenvalue weighted by atomic mass is 10.1. The fourth-order valence-electron chi connectivity index (χ4n) is 2.28. The van der Waals surface area contributed by atoms with Crippen LogP contribution in [0.5, 0.6) is 0 Å². The van der Waals surface area contributed by atoms with Crippen molar-refractivity contribution in [1.29, 1.82) is 0 Å². The highest BCUT2D eigenvalue weighted by molar-refractivity contribution is 9.10. The number of anilines is 1. The molecule has 1 aromatic rings. The second kappa shape index (κ2) is 6.73. The predicted octanol–water partition coefficient (Wildman–Crippen LogP) is 3.78. The minimum absolute atomic E-state index is 0.537. The van der Waals surface area contributed by atoms with E-state index in [4.69, 9.17) is 11.6 Å². The molecular weight excluding hydrogens is 314 g/mol. The Morgan fingerprint density at radius 1 is 1.44 bits per heavy atom. The fraction of sp³-hybridized carbons (Fsp3) is 0.615. The smallest absolute Gasteiger partial charge is 0.140 e. The van der Waals surface area contributed by atoms with Crippen LogP contribution in [0.1, 0.15) is 26.2 Å². The Balaban J connectivity index is 1.86. The monoisotopic (exact) mass is 331 g/mol. The quantitative estimate of drug-likeness (QED) is 0.909. The van der Waals surface area contributed by atoms with Gasteiger partial charge in [-0.2, -0.15) is 0 Å². The fourth-order valence-corrected chi connectivity index (χ4v) is 3.06. The Kier molecular flexibility index (Phi) is 5.27. The molecule has 1 aliphatic heterocycles. The molecule has 0 radical (unpaired) electrons. The number of nitrogens with zero attached hydrogens (tertiary/aromatic N) is 2. The molecule has 2 rings (SSSR count). The van der Waals surface area contributed by atoms with E-state index in [9.17, 15) is 0 Å². The first-order chi connectivity index (χ1) is 8.66. The lowest BCUT2D eigenvalue weighted by Crippen LogP contribution is -2.41. The molecular formula is C13H19BrClN3. The van der Waals surface area contributed by atoms with Gasteiger partial charge in [0, 0.05) is 18.8 Å². The second-order valence-corrected chi connectivity index (χ2v) is 6.10. The summed E-state index contributed by atoms with van der Waals surface area (Å²) in [6.45, 7) is 5.62. The van der Waals surface area contributed by atoms with E-state index in [1.54, 1.807) is 6.20 Å². The molecule has 1 unspecified atom stereocenters. The molecule has 1 atom stereocenters. The third kappa shape index (κ3) is 3.84. The highest BCUT2D eigenvalue weighted by Gasteiger charge is 2.16. The Bertz CT molecular complexity index is 394. The Labute approximate surface area is 122 Å². The maximum atomic E-state index is 5.87. The number of rotatable bonds is 4. The van der Waals surface area contributed by atoms with Gasteiger partial charge in [-0.25, -0.2) is 4.98 Å². The van der Waals surface area contributed by atoms with Crippen LogP contribution in [0.25, 0.3) is 0 Å². The van der Waals surface area contributed by atoms with E-state index >= 15 is 0 Å². The second-order valence-electron chi connectivity index (χ2n) is 4.81. The summed E-state index contributed by atoms with van der Waals surface area (Å²) in [6, 6.07) is 2.40. The van der Waals surface area contributed by atoms with E-state index in [0.29, 0.717) is 11.1 Å². The summed E-state index contributed by atoms with van der Waals surface area (Å²) in [6.07, 6.45) is 5.70. The topological polar surface area (TPSA) is 28.2 Å². The molecule has 0 spiro atoms. The van der Waals surface area contributed by atoms with Crippen LogP contribution >= 0.6 is 27.5 Å². The van der Waals surface area contributed by atoms with Crippen molar-refractivity contribution in [3.05, 3.63) is 21.8 Å². The molecule has 3 nitrogen and oxygen atoms in total. The molecule has 1 fully saturated rings. The molecule has 0 aromatic carbocycles. The van der Waals surface area contributed by atoms with E-state index in [1.807, 2.05) is 6.07 Å². The summed E-state index contributed by atoms with van der Waals surface area (Å²) in [4.78, 5) is 6.83. The molecule has 100 valence electrons. The third-order valence-corrected chi connectivity index (χ3v) is 4.20. The van der Waals surface area contributed by atoms with Gasteiger partial charge in [0.15, 0.2) is 0 Å². The molecule has 5 heteroatoms. The Morgan fingerprint density at radius 2 is 2.17 bits per heavy atom. The van der Waals surface area contributed by atoms with Gasteiger partial charge in [-0.3, -0.25) is 4.90 Å². The van der Waals surface area contributed by atoms with Gasteiger partial charge < -0.3 is 5.32 Å². The number of aromatic nitrogens is 1. The number of hydrogen-bond acceptors (Lipinski definition) is 3. The van der Waals surface area contributed by atoms with E-state index in [0.717, 1.165) is 16.8 Å². The summed E-state index contributed by atoms with van der Waals surface area (Å²) in [7, 11) is 0. The van der Waals surface area contributed by atoms with Gasteiger partial charge in [0.2, 0.25) is 0 Å². The van der Waals surface area contributed by atoms with Gasteiger partial charge in [0.05, 0.1) is 9.50 Å². The van der Waals surface area contributed by atoms with E-state index in [-0.39, 0.29) is 0 Å². The molecule has 1 aliphatic rings. The largest absolute Gasteiger partial charge is 0.368 e. The summed E-state index contributed by atoms with van der Waals surface area (Å²) in [5.74, 6) is 0.864. The van der Waals surface area contributed by atoms with Gasteiger partial charge in [-0.15, -0.1) is 0 Å². The molecule has 0 aliphatic carbocycles. The Hall–Kier alpha value is -0.320. The highest BCUT2D eigenvalue weighted by atomic mass is 79.9. The normalized spacial score (nSPS) is 18.6. The molecule has 1 N–H and O–H groups in total. The zero-order valence-corrected chi connectivity index (χ0v) is 13.0. The highest BCUT2D eigenvalue weighted by Crippen LogP contribution is 2.23. The molecule has 1 aromatic heterocycles. The van der Waals surface area contributed by atoms with Crippen molar-refractivity contribution in [3.63, 3.8) is 0 Å². The summed E-state index contributed by atoms with van der Waals surface area (Å²) < 4.78 is 0.917. The van der Waals surface area contributed by atoms with Crippen LogP contribution in [0, 0.1) is 0 Å². The van der Waals surface area contributed by atoms with Crippen molar-refractivity contribution >= 4 is 33.3 Å². The molecule has 2 heterocycles. The van der Waals surface area contributed by atoms with Crippen molar-refractivity contribution in [3.8, 4) is 0 Å². The van der Waals surface area contributed by atoms with E-state index in [1.165, 1.54) is 32.4 Å². The number of hydrogen-bond donors (Lipinski definition) is 1. The molecule has 0 saturated carbocycles. The van der Waals surface area contributed by atoms with Crippen molar-refractivity contribution < 1.29 is 0 Å². The Morgan fingerprint density at radius 3 is 2.83 bits per heavy atom. The van der Waals surface area contributed by atoms with Crippen LogP contribution in [-0.2, 0) is 0 Å². The minimum atomic E-state index is 0.537. The van der Waals surface area contributed by atoms with Gasteiger partial charge in [0.25, 0.3) is 0 Å². The zero-order chi connectivity index (χ0) is 13.0. The summed E-state index contributed by atoms with van der Waals surface area (Å²) in [5, 5.41) is 4.03. The zero-order valence-electron chi connectivity index (χ0n) is 10.6. The predicted molar refractivity (Wildman–Crippen MR) is 80.3 cm³/mol. The SMILES string of the molecule is CC(CNc1ncc(Cl)cc1Br)N1CCCCC1. The summed E-state index contributed by atoms with van der Waals surface area (Å²) >= 11 is 9.34. The van der Waals surface area contributed by atoms with E-state index in [2.05, 4.69) is 38.1 Å².